The zero-order chi connectivity index (χ0) is 16.8. The molecule has 23 heavy (non-hydrogen) atoms. The Bertz CT molecular complexity index is 659. The summed E-state index contributed by atoms with van der Waals surface area (Å²) in [6.07, 6.45) is 10.8. The van der Waals surface area contributed by atoms with Crippen molar-refractivity contribution in [3.8, 4) is 0 Å². The first-order valence-corrected chi connectivity index (χ1v) is 8.62. The highest BCUT2D eigenvalue weighted by molar-refractivity contribution is 5.73. The fourth-order valence-electron chi connectivity index (χ4n) is 2.71. The van der Waals surface area contributed by atoms with Crippen molar-refractivity contribution in [1.82, 2.24) is 5.32 Å². The van der Waals surface area contributed by atoms with Gasteiger partial charge in [-0.15, -0.1) is 0 Å². The molecule has 1 aromatic rings. The summed E-state index contributed by atoms with van der Waals surface area (Å²) < 4.78 is 0. The maximum Gasteiger partial charge on any atom is 0.0378 e. The van der Waals surface area contributed by atoms with Gasteiger partial charge < -0.3 is 5.32 Å². The van der Waals surface area contributed by atoms with E-state index < -0.39 is 0 Å². The highest BCUT2D eigenvalue weighted by atomic mass is 14.9. The van der Waals surface area contributed by atoms with E-state index in [-0.39, 0.29) is 0 Å². The second-order valence-electron chi connectivity index (χ2n) is 6.48. The Hall–Kier alpha value is -2.02. The number of hydrogen-bond donors (Lipinski definition) is 1. The molecule has 122 valence electrons. The van der Waals surface area contributed by atoms with Crippen LogP contribution in [0.2, 0.25) is 0 Å². The van der Waals surface area contributed by atoms with Gasteiger partial charge >= 0.3 is 0 Å². The highest BCUT2D eigenvalue weighted by Gasteiger charge is 2.14. The summed E-state index contributed by atoms with van der Waals surface area (Å²) in [7, 11) is 0. The Morgan fingerprint density at radius 1 is 1.30 bits per heavy atom. The summed E-state index contributed by atoms with van der Waals surface area (Å²) in [5.41, 5.74) is 7.90. The van der Waals surface area contributed by atoms with Crippen LogP contribution in [-0.2, 0) is 6.42 Å². The van der Waals surface area contributed by atoms with Crippen molar-refractivity contribution in [2.45, 2.75) is 40.5 Å². The van der Waals surface area contributed by atoms with Crippen molar-refractivity contribution in [2.75, 3.05) is 6.54 Å². The van der Waals surface area contributed by atoms with Crippen molar-refractivity contribution >= 4 is 11.3 Å². The standard InChI is InChI=1S/C22H29N/c1-6-16(3)8-9-18(5)19-10-11-21-20(15-19)12-13-23-22(21)14-17(4)7-2/h6,8-11,14-15,17,23H,1,7,12-13H2,2-5H3/b16-8+,18-9+,22-14-. The summed E-state index contributed by atoms with van der Waals surface area (Å²) in [6.45, 7) is 13.6. The lowest BCUT2D eigenvalue weighted by Crippen LogP contribution is -2.23. The molecule has 1 aliphatic heterocycles. The largest absolute Gasteiger partial charge is 0.384 e. The van der Waals surface area contributed by atoms with Gasteiger partial charge in [0, 0.05) is 17.8 Å². The van der Waals surface area contributed by atoms with Gasteiger partial charge in [-0.25, -0.2) is 0 Å². The van der Waals surface area contributed by atoms with Crippen molar-refractivity contribution in [1.29, 1.82) is 0 Å². The predicted molar refractivity (Wildman–Crippen MR) is 103 cm³/mol. The third kappa shape index (κ3) is 4.48. The molecule has 0 aromatic heterocycles. The molecule has 0 spiro atoms. The lowest BCUT2D eigenvalue weighted by molar-refractivity contribution is 0.690. The van der Waals surface area contributed by atoms with Crippen LogP contribution < -0.4 is 5.32 Å². The molecule has 0 radical (unpaired) electrons. The molecule has 0 aliphatic carbocycles. The van der Waals surface area contributed by atoms with Gasteiger partial charge in [-0.1, -0.05) is 74.9 Å². The molecule has 1 nitrogen and oxygen atoms in total. The summed E-state index contributed by atoms with van der Waals surface area (Å²) >= 11 is 0. The summed E-state index contributed by atoms with van der Waals surface area (Å²) in [6, 6.07) is 6.86. The Kier molecular flexibility index (Phi) is 6.04. The Balaban J connectivity index is 2.33. The highest BCUT2D eigenvalue weighted by Crippen LogP contribution is 2.27. The normalized spacial score (nSPS) is 18.3. The fraction of sp³-hybridized carbons (Fsp3) is 0.364. The number of hydrogen-bond acceptors (Lipinski definition) is 1. The third-order valence-corrected chi connectivity index (χ3v) is 4.57. The van der Waals surface area contributed by atoms with E-state index >= 15 is 0 Å². The van der Waals surface area contributed by atoms with Gasteiger partial charge in [-0.3, -0.25) is 0 Å². The van der Waals surface area contributed by atoms with Crippen LogP contribution in [0.15, 0.2) is 54.7 Å². The fourth-order valence-corrected chi connectivity index (χ4v) is 2.71. The van der Waals surface area contributed by atoms with Crippen LogP contribution in [0, 0.1) is 5.92 Å². The van der Waals surface area contributed by atoms with Crippen molar-refractivity contribution < 1.29 is 0 Å². The summed E-state index contributed by atoms with van der Waals surface area (Å²) in [4.78, 5) is 0. The molecule has 1 aliphatic rings. The lowest BCUT2D eigenvalue weighted by atomic mass is 9.92. The van der Waals surface area contributed by atoms with Crippen molar-refractivity contribution in [2.24, 2.45) is 5.92 Å². The molecule has 1 aromatic carbocycles. The predicted octanol–water partition coefficient (Wildman–Crippen LogP) is 5.75. The average molecular weight is 307 g/mol. The molecular weight excluding hydrogens is 278 g/mol. The van der Waals surface area contributed by atoms with Crippen LogP contribution in [0.4, 0.5) is 0 Å². The van der Waals surface area contributed by atoms with Gasteiger partial charge in [0.2, 0.25) is 0 Å². The molecule has 0 saturated carbocycles. The number of benzene rings is 1. The van der Waals surface area contributed by atoms with E-state index in [4.69, 9.17) is 0 Å². The van der Waals surface area contributed by atoms with Gasteiger partial charge in [-0.2, -0.15) is 0 Å². The minimum absolute atomic E-state index is 0.608. The first kappa shape index (κ1) is 17.3. The molecule has 1 N–H and O–H groups in total. The van der Waals surface area contributed by atoms with Crippen LogP contribution in [0.1, 0.15) is 50.8 Å². The van der Waals surface area contributed by atoms with Crippen LogP contribution in [0.3, 0.4) is 0 Å². The van der Waals surface area contributed by atoms with Gasteiger partial charge in [0.05, 0.1) is 0 Å². The average Bonchev–Trinajstić information content (AvgIpc) is 2.58. The lowest BCUT2D eigenvalue weighted by Gasteiger charge is -2.23. The summed E-state index contributed by atoms with van der Waals surface area (Å²) in [5.74, 6) is 0.608. The van der Waals surface area contributed by atoms with Gasteiger partial charge in [-0.05, 0) is 42.9 Å². The first-order chi connectivity index (χ1) is 11.0. The SMILES string of the molecule is C=C/C(C)=C/C=C(\C)c1ccc2c(c1)CCN/C2=C\C(C)CC. The molecule has 0 amide bonds. The Morgan fingerprint density at radius 2 is 2.09 bits per heavy atom. The third-order valence-electron chi connectivity index (χ3n) is 4.57. The van der Waals surface area contributed by atoms with Crippen molar-refractivity contribution in [3.05, 3.63) is 71.3 Å². The monoisotopic (exact) mass is 307 g/mol. The number of nitrogens with one attached hydrogen (secondary N) is 1. The maximum absolute atomic E-state index is 3.80. The van der Waals surface area contributed by atoms with E-state index in [9.17, 15) is 0 Å². The van der Waals surface area contributed by atoms with E-state index in [1.807, 2.05) is 6.08 Å². The van der Waals surface area contributed by atoms with Crippen LogP contribution in [0.25, 0.3) is 11.3 Å². The Labute approximate surface area is 141 Å². The van der Waals surface area contributed by atoms with E-state index in [2.05, 4.69) is 76.0 Å². The Morgan fingerprint density at radius 3 is 2.78 bits per heavy atom. The molecule has 1 atom stereocenters. The first-order valence-electron chi connectivity index (χ1n) is 8.62. The smallest absolute Gasteiger partial charge is 0.0378 e. The minimum Gasteiger partial charge on any atom is -0.384 e. The molecule has 0 saturated heterocycles. The molecule has 0 bridgehead atoms. The zero-order valence-electron chi connectivity index (χ0n) is 14.9. The number of rotatable bonds is 5. The summed E-state index contributed by atoms with van der Waals surface area (Å²) in [5, 5.41) is 3.56. The number of fused-ring (bicyclic) bond motifs is 1. The minimum atomic E-state index is 0.608. The quantitative estimate of drug-likeness (QED) is 0.682. The van der Waals surface area contributed by atoms with Gasteiger partial charge in [0.1, 0.15) is 0 Å². The van der Waals surface area contributed by atoms with Crippen LogP contribution >= 0.6 is 0 Å². The second-order valence-corrected chi connectivity index (χ2v) is 6.48. The van der Waals surface area contributed by atoms with Crippen molar-refractivity contribution in [3.63, 3.8) is 0 Å². The zero-order valence-corrected chi connectivity index (χ0v) is 14.9. The maximum atomic E-state index is 3.80. The van der Waals surface area contributed by atoms with E-state index in [0.717, 1.165) is 13.0 Å². The molecule has 1 heterocycles. The van der Waals surface area contributed by atoms with Gasteiger partial charge in [0.15, 0.2) is 0 Å². The number of allylic oxidation sites excluding steroid dienone is 6. The second kappa shape index (κ2) is 8.01. The van der Waals surface area contributed by atoms with Crippen LogP contribution in [0.5, 0.6) is 0 Å². The van der Waals surface area contributed by atoms with E-state index in [1.54, 1.807) is 0 Å². The molecule has 1 unspecified atom stereocenters. The van der Waals surface area contributed by atoms with E-state index in [0.29, 0.717) is 5.92 Å². The molecule has 0 fully saturated rings. The molecule has 1 heteroatoms. The van der Waals surface area contributed by atoms with E-state index in [1.165, 1.54) is 40.0 Å². The molecular formula is C22H29N. The topological polar surface area (TPSA) is 12.0 Å². The van der Waals surface area contributed by atoms with Crippen LogP contribution in [-0.4, -0.2) is 6.54 Å². The molecule has 2 rings (SSSR count). The van der Waals surface area contributed by atoms with Gasteiger partial charge in [0.25, 0.3) is 0 Å².